The minimum absolute atomic E-state index is 0.355. The Kier molecular flexibility index (Phi) is 5.53. The quantitative estimate of drug-likeness (QED) is 0.903. The van der Waals surface area contributed by atoms with Crippen molar-refractivity contribution >= 4 is 5.82 Å². The van der Waals surface area contributed by atoms with E-state index in [0.29, 0.717) is 12.1 Å². The van der Waals surface area contributed by atoms with E-state index in [1.165, 1.54) is 12.8 Å². The van der Waals surface area contributed by atoms with Gasteiger partial charge in [-0.15, -0.1) is 0 Å². The number of nitrogens with one attached hydrogen (secondary N) is 1. The van der Waals surface area contributed by atoms with Crippen molar-refractivity contribution < 1.29 is 0 Å². The minimum atomic E-state index is 0.355. The summed E-state index contributed by atoms with van der Waals surface area (Å²) >= 11 is 0. The van der Waals surface area contributed by atoms with Gasteiger partial charge in [-0.25, -0.2) is 9.97 Å². The zero-order valence-electron chi connectivity index (χ0n) is 14.1. The van der Waals surface area contributed by atoms with Crippen LogP contribution in [0.2, 0.25) is 0 Å². The van der Waals surface area contributed by atoms with E-state index in [1.54, 1.807) is 0 Å². The maximum atomic E-state index is 4.84. The molecule has 0 aromatic carbocycles. The van der Waals surface area contributed by atoms with E-state index in [1.807, 2.05) is 13.1 Å². The maximum Gasteiger partial charge on any atom is 0.148 e. The molecule has 0 spiro atoms. The van der Waals surface area contributed by atoms with Gasteiger partial charge in [-0.1, -0.05) is 6.42 Å². The molecule has 118 valence electrons. The lowest BCUT2D eigenvalue weighted by Crippen LogP contribution is -2.39. The van der Waals surface area contributed by atoms with Crippen LogP contribution in [-0.2, 0) is 6.54 Å². The maximum absolute atomic E-state index is 4.84. The molecule has 2 heterocycles. The molecular weight excluding hydrogens is 262 g/mol. The highest BCUT2D eigenvalue weighted by molar-refractivity contribution is 5.35. The van der Waals surface area contributed by atoms with E-state index < -0.39 is 0 Å². The van der Waals surface area contributed by atoms with E-state index in [4.69, 9.17) is 9.97 Å². The third kappa shape index (κ3) is 4.14. The lowest BCUT2D eigenvalue weighted by Gasteiger charge is -2.37. The fourth-order valence-electron chi connectivity index (χ4n) is 3.05. The molecule has 1 N–H and O–H groups in total. The smallest absolute Gasteiger partial charge is 0.148 e. The Morgan fingerprint density at radius 1 is 1.33 bits per heavy atom. The molecule has 5 heteroatoms. The van der Waals surface area contributed by atoms with E-state index >= 15 is 0 Å². The highest BCUT2D eigenvalue weighted by Gasteiger charge is 2.28. The summed E-state index contributed by atoms with van der Waals surface area (Å²) in [5.74, 6) is 1.90. The van der Waals surface area contributed by atoms with Gasteiger partial charge in [0.05, 0.1) is 11.7 Å². The van der Waals surface area contributed by atoms with Crippen molar-refractivity contribution in [2.45, 2.75) is 51.7 Å². The van der Waals surface area contributed by atoms with Gasteiger partial charge in [0.25, 0.3) is 0 Å². The number of aromatic nitrogens is 2. The number of anilines is 1. The van der Waals surface area contributed by atoms with Gasteiger partial charge in [0.2, 0.25) is 0 Å². The Morgan fingerprint density at radius 2 is 2.10 bits per heavy atom. The molecule has 0 amide bonds. The zero-order valence-corrected chi connectivity index (χ0v) is 14.1. The second-order valence-electron chi connectivity index (χ2n) is 6.43. The van der Waals surface area contributed by atoms with Crippen LogP contribution in [0.4, 0.5) is 5.82 Å². The van der Waals surface area contributed by atoms with Crippen LogP contribution in [0.3, 0.4) is 0 Å². The first-order chi connectivity index (χ1) is 10.0. The molecule has 1 aromatic heterocycles. The topological polar surface area (TPSA) is 44.3 Å². The zero-order chi connectivity index (χ0) is 15.4. The van der Waals surface area contributed by atoms with Crippen molar-refractivity contribution in [2.24, 2.45) is 0 Å². The normalized spacial score (nSPS) is 20.2. The molecule has 1 aromatic rings. The molecule has 2 rings (SSSR count). The van der Waals surface area contributed by atoms with Crippen molar-refractivity contribution in [2.75, 3.05) is 33.0 Å². The molecule has 0 saturated carbocycles. The SMILES string of the molecule is CNc1cc(CN(C)C)nc([C@@H]2CCCCN2C(C)C)n1. The summed E-state index contributed by atoms with van der Waals surface area (Å²) in [6.45, 7) is 6.53. The van der Waals surface area contributed by atoms with Crippen molar-refractivity contribution in [3.05, 3.63) is 17.6 Å². The standard InChI is InChI=1S/C16H29N5/c1-12(2)21-9-7-6-8-14(21)16-18-13(11-20(4)5)10-15(17-3)19-16/h10,12,14H,6-9,11H2,1-5H3,(H,17,18,19)/t14-/m0/s1. The van der Waals surface area contributed by atoms with E-state index in [2.05, 4.69) is 43.1 Å². The summed E-state index contributed by atoms with van der Waals surface area (Å²) in [5.41, 5.74) is 1.09. The number of piperidine rings is 1. The molecule has 0 bridgehead atoms. The van der Waals surface area contributed by atoms with Crippen molar-refractivity contribution in [1.29, 1.82) is 0 Å². The van der Waals surface area contributed by atoms with Crippen LogP contribution in [0.5, 0.6) is 0 Å². The second kappa shape index (κ2) is 7.18. The van der Waals surface area contributed by atoms with Gasteiger partial charge in [0.15, 0.2) is 0 Å². The fraction of sp³-hybridized carbons (Fsp3) is 0.750. The number of hydrogen-bond donors (Lipinski definition) is 1. The predicted octanol–water partition coefficient (Wildman–Crippen LogP) is 2.52. The van der Waals surface area contributed by atoms with E-state index in [9.17, 15) is 0 Å². The van der Waals surface area contributed by atoms with Gasteiger partial charge in [-0.05, 0) is 47.3 Å². The van der Waals surface area contributed by atoms with Crippen LogP contribution in [0.1, 0.15) is 50.7 Å². The van der Waals surface area contributed by atoms with E-state index in [0.717, 1.165) is 36.8 Å². The lowest BCUT2D eigenvalue weighted by atomic mass is 9.99. The summed E-state index contributed by atoms with van der Waals surface area (Å²) in [4.78, 5) is 14.3. The van der Waals surface area contributed by atoms with Crippen LogP contribution in [-0.4, -0.2) is 53.5 Å². The van der Waals surface area contributed by atoms with Gasteiger partial charge < -0.3 is 10.2 Å². The predicted molar refractivity (Wildman–Crippen MR) is 87.4 cm³/mol. The van der Waals surface area contributed by atoms with Crippen LogP contribution < -0.4 is 5.32 Å². The van der Waals surface area contributed by atoms with Crippen molar-refractivity contribution in [1.82, 2.24) is 19.8 Å². The Balaban J connectivity index is 2.31. The van der Waals surface area contributed by atoms with Gasteiger partial charge in [-0.3, -0.25) is 4.90 Å². The molecule has 0 unspecified atom stereocenters. The third-order valence-corrected chi connectivity index (χ3v) is 4.04. The number of rotatable bonds is 5. The average molecular weight is 291 g/mol. The number of likely N-dealkylation sites (tertiary alicyclic amines) is 1. The van der Waals surface area contributed by atoms with Gasteiger partial charge >= 0.3 is 0 Å². The Labute approximate surface area is 128 Å². The monoisotopic (exact) mass is 291 g/mol. The van der Waals surface area contributed by atoms with Gasteiger partial charge in [0, 0.05) is 25.7 Å². The molecule has 0 aliphatic carbocycles. The van der Waals surface area contributed by atoms with Crippen LogP contribution in [0, 0.1) is 0 Å². The van der Waals surface area contributed by atoms with Crippen molar-refractivity contribution in [3.8, 4) is 0 Å². The van der Waals surface area contributed by atoms with Crippen molar-refractivity contribution in [3.63, 3.8) is 0 Å². The molecule has 5 nitrogen and oxygen atoms in total. The lowest BCUT2D eigenvalue weighted by molar-refractivity contribution is 0.106. The Bertz CT molecular complexity index is 458. The van der Waals surface area contributed by atoms with E-state index in [-0.39, 0.29) is 0 Å². The van der Waals surface area contributed by atoms with Crippen LogP contribution >= 0.6 is 0 Å². The number of nitrogens with zero attached hydrogens (tertiary/aromatic N) is 4. The highest BCUT2D eigenvalue weighted by Crippen LogP contribution is 2.31. The first kappa shape index (κ1) is 16.2. The minimum Gasteiger partial charge on any atom is -0.373 e. The largest absolute Gasteiger partial charge is 0.373 e. The summed E-state index contributed by atoms with van der Waals surface area (Å²) in [6, 6.07) is 2.94. The molecule has 1 atom stereocenters. The molecule has 1 saturated heterocycles. The summed E-state index contributed by atoms with van der Waals surface area (Å²) in [5, 5.41) is 3.18. The summed E-state index contributed by atoms with van der Waals surface area (Å²) < 4.78 is 0. The molecule has 1 aliphatic rings. The molecule has 0 radical (unpaired) electrons. The fourth-order valence-corrected chi connectivity index (χ4v) is 3.05. The summed E-state index contributed by atoms with van der Waals surface area (Å²) in [6.07, 6.45) is 3.71. The molecular formula is C16H29N5. The Morgan fingerprint density at radius 3 is 2.71 bits per heavy atom. The van der Waals surface area contributed by atoms with Gasteiger partial charge in [0.1, 0.15) is 11.6 Å². The molecule has 1 aliphatic heterocycles. The van der Waals surface area contributed by atoms with Gasteiger partial charge in [-0.2, -0.15) is 0 Å². The highest BCUT2D eigenvalue weighted by atomic mass is 15.2. The van der Waals surface area contributed by atoms with Crippen LogP contribution in [0.25, 0.3) is 0 Å². The third-order valence-electron chi connectivity index (χ3n) is 4.04. The average Bonchev–Trinajstić information content (AvgIpc) is 2.46. The van der Waals surface area contributed by atoms with Crippen LogP contribution in [0.15, 0.2) is 6.07 Å². The Hall–Kier alpha value is -1.20. The summed E-state index contributed by atoms with van der Waals surface area (Å²) in [7, 11) is 6.07. The molecule has 21 heavy (non-hydrogen) atoms. The first-order valence-corrected chi connectivity index (χ1v) is 7.97. The molecule has 1 fully saturated rings. The number of hydrogen-bond acceptors (Lipinski definition) is 5. The first-order valence-electron chi connectivity index (χ1n) is 7.97. The second-order valence-corrected chi connectivity index (χ2v) is 6.43.